The molecule has 0 aliphatic carbocycles. The van der Waals surface area contributed by atoms with Gasteiger partial charge in [0.1, 0.15) is 0 Å². The number of nitrogens with one attached hydrogen (secondary N) is 1. The number of hydrogen-bond acceptors (Lipinski definition) is 8. The molecule has 0 spiro atoms. The van der Waals surface area contributed by atoms with Gasteiger partial charge in [-0.15, -0.1) is 10.2 Å². The van der Waals surface area contributed by atoms with Crippen LogP contribution >= 0.6 is 27.7 Å². The van der Waals surface area contributed by atoms with Crippen LogP contribution in [0.2, 0.25) is 0 Å². The van der Waals surface area contributed by atoms with E-state index in [4.69, 9.17) is 8.83 Å². The van der Waals surface area contributed by atoms with E-state index >= 15 is 0 Å². The van der Waals surface area contributed by atoms with E-state index in [0.717, 1.165) is 35.0 Å². The summed E-state index contributed by atoms with van der Waals surface area (Å²) in [7, 11) is 0. The molecule has 0 unspecified atom stereocenters. The van der Waals surface area contributed by atoms with Gasteiger partial charge in [-0.1, -0.05) is 33.8 Å². The Hall–Kier alpha value is -3.57. The lowest BCUT2D eigenvalue weighted by molar-refractivity contribution is -0.113. The number of amides is 2. The molecule has 2 amide bonds. The number of benzene rings is 2. The highest BCUT2D eigenvalue weighted by Gasteiger charge is 2.22. The van der Waals surface area contributed by atoms with Gasteiger partial charge in [-0.3, -0.25) is 9.59 Å². The first kappa shape index (κ1) is 24.1. The highest BCUT2D eigenvalue weighted by Crippen LogP contribution is 2.24. The van der Waals surface area contributed by atoms with Crippen LogP contribution in [0.25, 0.3) is 11.7 Å². The molecule has 11 heteroatoms. The third kappa shape index (κ3) is 5.80. The predicted molar refractivity (Wildman–Crippen MR) is 140 cm³/mol. The maximum atomic E-state index is 12.8. The molecule has 3 heterocycles. The molecule has 9 nitrogen and oxygen atoms in total. The number of aromatic nitrogens is 2. The van der Waals surface area contributed by atoms with E-state index in [1.165, 1.54) is 6.26 Å². The molecule has 1 aliphatic rings. The quantitative estimate of drug-likeness (QED) is 0.318. The molecule has 1 saturated heterocycles. The lowest BCUT2D eigenvalue weighted by Gasteiger charge is -2.36. The number of anilines is 2. The number of thioether (sulfide) groups is 1. The molecule has 5 rings (SSSR count). The maximum absolute atomic E-state index is 12.8. The first-order chi connectivity index (χ1) is 17.5. The van der Waals surface area contributed by atoms with Crippen LogP contribution in [0.4, 0.5) is 11.4 Å². The third-order valence-electron chi connectivity index (χ3n) is 5.62. The van der Waals surface area contributed by atoms with Gasteiger partial charge >= 0.3 is 0 Å². The number of rotatable bonds is 7. The molecule has 184 valence electrons. The number of halogens is 1. The van der Waals surface area contributed by atoms with E-state index in [-0.39, 0.29) is 23.5 Å². The number of carbonyl (C=O) groups excluding carboxylic acids is 2. The van der Waals surface area contributed by atoms with E-state index in [9.17, 15) is 9.59 Å². The molecule has 0 bridgehead atoms. The van der Waals surface area contributed by atoms with Crippen molar-refractivity contribution in [2.75, 3.05) is 42.1 Å². The van der Waals surface area contributed by atoms with Crippen LogP contribution in [0, 0.1) is 0 Å². The highest BCUT2D eigenvalue weighted by atomic mass is 79.9. The van der Waals surface area contributed by atoms with Crippen LogP contribution in [0.3, 0.4) is 0 Å². The van der Waals surface area contributed by atoms with Crippen molar-refractivity contribution in [1.29, 1.82) is 0 Å². The Labute approximate surface area is 220 Å². The molecule has 1 aliphatic heterocycles. The number of hydrogen-bond donors (Lipinski definition) is 1. The second-order valence-electron chi connectivity index (χ2n) is 8.02. The van der Waals surface area contributed by atoms with Crippen LogP contribution in [-0.2, 0) is 4.79 Å². The third-order valence-corrected chi connectivity index (χ3v) is 6.93. The Morgan fingerprint density at radius 1 is 1.00 bits per heavy atom. The van der Waals surface area contributed by atoms with Crippen molar-refractivity contribution in [2.45, 2.75) is 5.22 Å². The monoisotopic (exact) mass is 567 g/mol. The molecule has 4 aromatic rings. The maximum Gasteiger partial charge on any atom is 0.284 e. The summed E-state index contributed by atoms with van der Waals surface area (Å²) >= 11 is 4.58. The predicted octanol–water partition coefficient (Wildman–Crippen LogP) is 4.79. The number of carbonyl (C=O) groups is 2. The minimum absolute atomic E-state index is 0.0459. The average Bonchev–Trinajstić information content (AvgIpc) is 3.60. The summed E-state index contributed by atoms with van der Waals surface area (Å²) in [5, 5.41) is 11.0. The van der Waals surface area contributed by atoms with Gasteiger partial charge in [0.05, 0.1) is 12.0 Å². The molecule has 1 N–H and O–H groups in total. The van der Waals surface area contributed by atoms with E-state index in [0.29, 0.717) is 35.3 Å². The lowest BCUT2D eigenvalue weighted by atomic mass is 10.1. The highest BCUT2D eigenvalue weighted by molar-refractivity contribution is 9.10. The van der Waals surface area contributed by atoms with Crippen molar-refractivity contribution in [3.63, 3.8) is 0 Å². The van der Waals surface area contributed by atoms with E-state index in [1.807, 2.05) is 53.4 Å². The van der Waals surface area contributed by atoms with Crippen molar-refractivity contribution in [1.82, 2.24) is 15.1 Å². The molecule has 2 aromatic heterocycles. The van der Waals surface area contributed by atoms with Gasteiger partial charge in [-0.05, 0) is 54.6 Å². The van der Waals surface area contributed by atoms with Gasteiger partial charge in [0.15, 0.2) is 5.76 Å². The SMILES string of the molecule is O=C(CSc1nnc(-c2ccco2)o1)Nc1ccc(N2CCN(C(=O)c3cccc(Br)c3)CC2)cc1. The average molecular weight is 568 g/mol. The largest absolute Gasteiger partial charge is 0.459 e. The van der Waals surface area contributed by atoms with E-state index in [1.54, 1.807) is 12.1 Å². The van der Waals surface area contributed by atoms with Gasteiger partial charge in [-0.25, -0.2) is 0 Å². The zero-order chi connectivity index (χ0) is 24.9. The fraction of sp³-hybridized carbons (Fsp3) is 0.200. The first-order valence-electron chi connectivity index (χ1n) is 11.2. The van der Waals surface area contributed by atoms with Crippen LogP contribution in [0.15, 0.2) is 85.5 Å². The lowest BCUT2D eigenvalue weighted by Crippen LogP contribution is -2.48. The summed E-state index contributed by atoms with van der Waals surface area (Å²) in [4.78, 5) is 29.2. The Balaban J connectivity index is 1.09. The number of furan rings is 1. The van der Waals surface area contributed by atoms with Crippen molar-refractivity contribution in [2.24, 2.45) is 0 Å². The van der Waals surface area contributed by atoms with Gasteiger partial charge in [-0.2, -0.15) is 0 Å². The normalized spacial score (nSPS) is 13.6. The zero-order valence-electron chi connectivity index (χ0n) is 19.1. The summed E-state index contributed by atoms with van der Waals surface area (Å²) in [6.45, 7) is 2.79. The number of piperazine rings is 1. The first-order valence-corrected chi connectivity index (χ1v) is 13.0. The molecule has 1 fully saturated rings. The summed E-state index contributed by atoms with van der Waals surface area (Å²) in [6.07, 6.45) is 1.53. The molecular formula is C25H22BrN5O4S. The van der Waals surface area contributed by atoms with Gasteiger partial charge in [0.25, 0.3) is 17.0 Å². The van der Waals surface area contributed by atoms with Gasteiger partial charge in [0, 0.05) is 47.6 Å². The smallest absolute Gasteiger partial charge is 0.284 e. The van der Waals surface area contributed by atoms with Gasteiger partial charge < -0.3 is 24.0 Å². The van der Waals surface area contributed by atoms with Crippen molar-refractivity contribution >= 4 is 50.9 Å². The van der Waals surface area contributed by atoms with Gasteiger partial charge in [0.2, 0.25) is 5.91 Å². The summed E-state index contributed by atoms with van der Waals surface area (Å²) in [5.41, 5.74) is 2.44. The molecule has 0 atom stereocenters. The minimum Gasteiger partial charge on any atom is -0.459 e. The molecular weight excluding hydrogens is 546 g/mol. The van der Waals surface area contributed by atoms with Crippen LogP contribution < -0.4 is 10.2 Å². The fourth-order valence-electron chi connectivity index (χ4n) is 3.82. The van der Waals surface area contributed by atoms with E-state index < -0.39 is 0 Å². The van der Waals surface area contributed by atoms with Crippen LogP contribution in [-0.4, -0.2) is 58.8 Å². The van der Waals surface area contributed by atoms with Crippen molar-refractivity contribution in [3.05, 3.63) is 77.0 Å². The molecule has 36 heavy (non-hydrogen) atoms. The Bertz CT molecular complexity index is 1330. The Kier molecular flexibility index (Phi) is 7.38. The zero-order valence-corrected chi connectivity index (χ0v) is 21.5. The van der Waals surface area contributed by atoms with Crippen LogP contribution in [0.1, 0.15) is 10.4 Å². The topological polar surface area (TPSA) is 105 Å². The standard InChI is InChI=1S/C25H22BrN5O4S/c26-18-4-1-3-17(15-18)24(33)31-12-10-30(11-13-31)20-8-6-19(7-9-20)27-22(32)16-36-25-29-28-23(35-25)21-5-2-14-34-21/h1-9,14-15H,10-13,16H2,(H,27,32). The van der Waals surface area contributed by atoms with E-state index in [2.05, 4.69) is 36.3 Å². The summed E-state index contributed by atoms with van der Waals surface area (Å²) in [5.74, 6) is 0.762. The summed E-state index contributed by atoms with van der Waals surface area (Å²) in [6, 6.07) is 18.6. The van der Waals surface area contributed by atoms with Crippen molar-refractivity contribution < 1.29 is 18.4 Å². The molecule has 2 aromatic carbocycles. The Morgan fingerprint density at radius 3 is 2.53 bits per heavy atom. The van der Waals surface area contributed by atoms with Crippen molar-refractivity contribution in [3.8, 4) is 11.7 Å². The summed E-state index contributed by atoms with van der Waals surface area (Å²) < 4.78 is 11.6. The molecule has 0 radical (unpaired) electrons. The minimum atomic E-state index is -0.176. The fourth-order valence-corrected chi connectivity index (χ4v) is 4.78. The second kappa shape index (κ2) is 11.0. The molecule has 0 saturated carbocycles. The number of nitrogens with zero attached hydrogens (tertiary/aromatic N) is 4. The Morgan fingerprint density at radius 2 is 1.81 bits per heavy atom. The van der Waals surface area contributed by atoms with Crippen LogP contribution in [0.5, 0.6) is 0 Å². The second-order valence-corrected chi connectivity index (χ2v) is 9.87.